The summed E-state index contributed by atoms with van der Waals surface area (Å²) in [5.74, 6) is 0.893. The van der Waals surface area contributed by atoms with Crippen molar-refractivity contribution in [2.45, 2.75) is 33.0 Å². The van der Waals surface area contributed by atoms with E-state index in [1.54, 1.807) is 0 Å². The maximum atomic E-state index is 12.8. The molecule has 0 aliphatic carbocycles. The predicted octanol–water partition coefficient (Wildman–Crippen LogP) is 5.38. The van der Waals surface area contributed by atoms with Gasteiger partial charge in [-0.05, 0) is 48.6 Å². The van der Waals surface area contributed by atoms with Gasteiger partial charge < -0.3 is 9.64 Å². The van der Waals surface area contributed by atoms with Crippen molar-refractivity contribution in [2.75, 3.05) is 0 Å². The Morgan fingerprint density at radius 2 is 1.77 bits per heavy atom. The molecule has 0 fully saturated rings. The molecule has 0 aliphatic heterocycles. The van der Waals surface area contributed by atoms with Gasteiger partial charge in [0.1, 0.15) is 12.4 Å². The van der Waals surface area contributed by atoms with Gasteiger partial charge in [-0.15, -0.1) is 11.3 Å². The van der Waals surface area contributed by atoms with E-state index in [2.05, 4.69) is 0 Å². The van der Waals surface area contributed by atoms with Gasteiger partial charge in [-0.2, -0.15) is 0 Å². The van der Waals surface area contributed by atoms with Crippen LogP contribution in [-0.4, -0.2) is 16.8 Å². The number of ether oxygens (including phenoxy) is 1. The van der Waals surface area contributed by atoms with Gasteiger partial charge in [-0.1, -0.05) is 48.5 Å². The summed E-state index contributed by atoms with van der Waals surface area (Å²) in [5, 5.41) is 1.93. The molecule has 1 aromatic heterocycles. The van der Waals surface area contributed by atoms with Gasteiger partial charge in [0.05, 0.1) is 4.88 Å². The second-order valence-corrected chi connectivity index (χ2v) is 7.37. The molecule has 26 heavy (non-hydrogen) atoms. The van der Waals surface area contributed by atoms with Crippen LogP contribution in [-0.2, 0) is 13.2 Å². The van der Waals surface area contributed by atoms with E-state index in [-0.39, 0.29) is 11.9 Å². The fraction of sp³-hybridized carbons (Fsp3) is 0.227. The van der Waals surface area contributed by atoms with Crippen molar-refractivity contribution in [1.82, 2.24) is 4.90 Å². The van der Waals surface area contributed by atoms with Gasteiger partial charge in [0.15, 0.2) is 0 Å². The normalized spacial score (nSPS) is 10.7. The first kappa shape index (κ1) is 18.2. The summed E-state index contributed by atoms with van der Waals surface area (Å²) in [6, 6.07) is 22.0. The second-order valence-electron chi connectivity index (χ2n) is 6.43. The summed E-state index contributed by atoms with van der Waals surface area (Å²) in [6.45, 7) is 5.19. The van der Waals surface area contributed by atoms with Crippen LogP contribution in [0.3, 0.4) is 0 Å². The largest absolute Gasteiger partial charge is 0.489 e. The van der Waals surface area contributed by atoms with Crippen LogP contribution in [0.4, 0.5) is 0 Å². The molecule has 0 unspecified atom stereocenters. The molecule has 3 rings (SSSR count). The minimum absolute atomic E-state index is 0.0746. The molecule has 3 aromatic rings. The van der Waals surface area contributed by atoms with Crippen LogP contribution in [0.2, 0.25) is 0 Å². The Morgan fingerprint density at radius 1 is 1.00 bits per heavy atom. The van der Waals surface area contributed by atoms with Crippen molar-refractivity contribution in [3.8, 4) is 5.75 Å². The molecule has 0 saturated heterocycles. The molecule has 0 spiro atoms. The number of carbonyl (C=O) groups excluding carboxylic acids is 1. The minimum atomic E-state index is 0.0746. The Labute approximate surface area is 158 Å². The number of benzene rings is 2. The molecule has 3 nitrogen and oxygen atoms in total. The lowest BCUT2D eigenvalue weighted by atomic mass is 10.1. The molecule has 134 valence electrons. The van der Waals surface area contributed by atoms with E-state index in [4.69, 9.17) is 4.74 Å². The highest BCUT2D eigenvalue weighted by Crippen LogP contribution is 2.20. The second kappa shape index (κ2) is 8.68. The SMILES string of the molecule is CC(C)N(Cc1cccc(OCc2ccccc2)c1)C(=O)c1cccs1. The molecule has 0 atom stereocenters. The van der Waals surface area contributed by atoms with Gasteiger partial charge in [0.2, 0.25) is 0 Å². The molecule has 4 heteroatoms. The third-order valence-corrected chi connectivity index (χ3v) is 4.97. The zero-order valence-corrected chi connectivity index (χ0v) is 15.9. The smallest absolute Gasteiger partial charge is 0.264 e. The standard InChI is InChI=1S/C22H23NO2S/c1-17(2)23(22(24)21-12-7-13-26-21)15-19-10-6-11-20(14-19)25-16-18-8-4-3-5-9-18/h3-14,17H,15-16H2,1-2H3. The van der Waals surface area contributed by atoms with Crippen molar-refractivity contribution in [3.63, 3.8) is 0 Å². The summed E-state index contributed by atoms with van der Waals surface area (Å²) in [4.78, 5) is 15.4. The number of hydrogen-bond donors (Lipinski definition) is 0. The minimum Gasteiger partial charge on any atom is -0.489 e. The van der Waals surface area contributed by atoms with Gasteiger partial charge in [0.25, 0.3) is 5.91 Å². The summed E-state index contributed by atoms with van der Waals surface area (Å²) >= 11 is 1.48. The van der Waals surface area contributed by atoms with Crippen molar-refractivity contribution >= 4 is 17.2 Å². The van der Waals surface area contributed by atoms with Crippen LogP contribution in [0, 0.1) is 0 Å². The molecule has 1 amide bonds. The van der Waals surface area contributed by atoms with Crippen molar-refractivity contribution in [1.29, 1.82) is 0 Å². The van der Waals surface area contributed by atoms with Crippen LogP contribution < -0.4 is 4.74 Å². The number of amides is 1. The third kappa shape index (κ3) is 4.73. The zero-order chi connectivity index (χ0) is 18.4. The summed E-state index contributed by atoms with van der Waals surface area (Å²) in [5.41, 5.74) is 2.20. The maximum absolute atomic E-state index is 12.8. The Bertz CT molecular complexity index is 828. The number of rotatable bonds is 7. The van der Waals surface area contributed by atoms with E-state index >= 15 is 0 Å². The zero-order valence-electron chi connectivity index (χ0n) is 15.1. The van der Waals surface area contributed by atoms with E-state index in [1.807, 2.05) is 90.9 Å². The van der Waals surface area contributed by atoms with E-state index in [1.165, 1.54) is 11.3 Å². The highest BCUT2D eigenvalue weighted by atomic mass is 32.1. The van der Waals surface area contributed by atoms with Crippen LogP contribution in [0.5, 0.6) is 5.75 Å². The van der Waals surface area contributed by atoms with E-state index in [0.717, 1.165) is 21.8 Å². The Kier molecular flexibility index (Phi) is 6.08. The first-order valence-corrected chi connectivity index (χ1v) is 9.61. The quantitative estimate of drug-likeness (QED) is 0.563. The summed E-state index contributed by atoms with van der Waals surface area (Å²) in [6.07, 6.45) is 0. The Hall–Kier alpha value is -2.59. The van der Waals surface area contributed by atoms with Crippen LogP contribution in [0.15, 0.2) is 72.1 Å². The average molecular weight is 365 g/mol. The fourth-order valence-corrected chi connectivity index (χ4v) is 3.38. The van der Waals surface area contributed by atoms with E-state index in [9.17, 15) is 4.79 Å². The first-order valence-electron chi connectivity index (χ1n) is 8.73. The molecule has 2 aromatic carbocycles. The number of thiophene rings is 1. The molecule has 0 N–H and O–H groups in total. The maximum Gasteiger partial charge on any atom is 0.264 e. The Morgan fingerprint density at radius 3 is 2.46 bits per heavy atom. The number of carbonyl (C=O) groups is 1. The fourth-order valence-electron chi connectivity index (χ4n) is 2.70. The summed E-state index contributed by atoms with van der Waals surface area (Å²) < 4.78 is 5.91. The molecule has 0 bridgehead atoms. The van der Waals surface area contributed by atoms with Gasteiger partial charge in [0, 0.05) is 12.6 Å². The van der Waals surface area contributed by atoms with Crippen LogP contribution in [0.1, 0.15) is 34.6 Å². The van der Waals surface area contributed by atoms with Gasteiger partial charge in [-0.25, -0.2) is 0 Å². The predicted molar refractivity (Wildman–Crippen MR) is 107 cm³/mol. The number of nitrogens with zero attached hydrogens (tertiary/aromatic N) is 1. The van der Waals surface area contributed by atoms with Gasteiger partial charge in [-0.3, -0.25) is 4.79 Å². The average Bonchev–Trinajstić information content (AvgIpc) is 3.20. The molecule has 0 aliphatic rings. The highest BCUT2D eigenvalue weighted by molar-refractivity contribution is 7.12. The molecule has 0 radical (unpaired) electrons. The van der Waals surface area contributed by atoms with E-state index < -0.39 is 0 Å². The van der Waals surface area contributed by atoms with Crippen LogP contribution in [0.25, 0.3) is 0 Å². The highest BCUT2D eigenvalue weighted by Gasteiger charge is 2.20. The molecular formula is C22H23NO2S. The summed E-state index contributed by atoms with van der Waals surface area (Å²) in [7, 11) is 0. The molecule has 0 saturated carbocycles. The molecule has 1 heterocycles. The van der Waals surface area contributed by atoms with Gasteiger partial charge >= 0.3 is 0 Å². The van der Waals surface area contributed by atoms with Crippen LogP contribution >= 0.6 is 11.3 Å². The monoisotopic (exact) mass is 365 g/mol. The van der Waals surface area contributed by atoms with E-state index in [0.29, 0.717) is 13.2 Å². The van der Waals surface area contributed by atoms with Crippen molar-refractivity contribution in [3.05, 3.63) is 88.1 Å². The number of hydrogen-bond acceptors (Lipinski definition) is 3. The Balaban J connectivity index is 1.69. The van der Waals surface area contributed by atoms with Crippen molar-refractivity contribution in [2.24, 2.45) is 0 Å². The lowest BCUT2D eigenvalue weighted by Gasteiger charge is -2.26. The van der Waals surface area contributed by atoms with Crippen molar-refractivity contribution < 1.29 is 9.53 Å². The lowest BCUT2D eigenvalue weighted by Crippen LogP contribution is -2.35. The molecular weight excluding hydrogens is 342 g/mol. The lowest BCUT2D eigenvalue weighted by molar-refractivity contribution is 0.0695. The topological polar surface area (TPSA) is 29.5 Å². The first-order chi connectivity index (χ1) is 12.6. The third-order valence-electron chi connectivity index (χ3n) is 4.12.